The molecule has 0 atom stereocenters. The fourth-order valence-corrected chi connectivity index (χ4v) is 4.55. The third kappa shape index (κ3) is 6.25. The zero-order chi connectivity index (χ0) is 20.6. The van der Waals surface area contributed by atoms with E-state index in [0.717, 1.165) is 15.8 Å². The summed E-state index contributed by atoms with van der Waals surface area (Å²) in [6.45, 7) is 2.35. The zero-order valence-corrected chi connectivity index (χ0v) is 18.0. The third-order valence-corrected chi connectivity index (χ3v) is 7.05. The van der Waals surface area contributed by atoms with Crippen LogP contribution in [0.4, 0.5) is 0 Å². The van der Waals surface area contributed by atoms with Gasteiger partial charge in [-0.25, -0.2) is 8.42 Å². The molecule has 0 spiro atoms. The van der Waals surface area contributed by atoms with Crippen molar-refractivity contribution < 1.29 is 17.9 Å². The molecule has 0 saturated carbocycles. The average Bonchev–Trinajstić information content (AvgIpc) is 2.69. The smallest absolute Gasteiger partial charge is 0.243 e. The van der Waals surface area contributed by atoms with Crippen LogP contribution in [0.15, 0.2) is 53.4 Å². The topological polar surface area (TPSA) is 75.7 Å². The predicted octanol–water partition coefficient (Wildman–Crippen LogP) is 2.67. The van der Waals surface area contributed by atoms with Crippen molar-refractivity contribution in [3.8, 4) is 5.75 Å². The summed E-state index contributed by atoms with van der Waals surface area (Å²) in [4.78, 5) is 12.2. The van der Waals surface area contributed by atoms with Gasteiger partial charge in [-0.3, -0.25) is 4.79 Å². The lowest BCUT2D eigenvalue weighted by molar-refractivity contribution is -0.121. The van der Waals surface area contributed by atoms with E-state index in [0.29, 0.717) is 12.3 Å². The van der Waals surface area contributed by atoms with Gasteiger partial charge in [0.05, 0.1) is 18.6 Å². The molecule has 152 valence electrons. The summed E-state index contributed by atoms with van der Waals surface area (Å²) in [6, 6.07) is 14.3. The number of aryl methyl sites for hydroxylation is 1. The van der Waals surface area contributed by atoms with Gasteiger partial charge in [0.15, 0.2) is 0 Å². The Kier molecular flexibility index (Phi) is 8.35. The Balaban J connectivity index is 1.76. The molecule has 0 radical (unpaired) electrons. The number of carbonyl (C=O) groups is 1. The summed E-state index contributed by atoms with van der Waals surface area (Å²) in [5, 5.41) is 2.77. The minimum absolute atomic E-state index is 0.123. The molecule has 0 aliphatic rings. The fraction of sp³-hybridized carbons (Fsp3) is 0.350. The Morgan fingerprint density at radius 3 is 2.46 bits per heavy atom. The van der Waals surface area contributed by atoms with E-state index in [1.807, 2.05) is 12.1 Å². The first kappa shape index (κ1) is 22.3. The largest absolute Gasteiger partial charge is 0.497 e. The number of benzene rings is 2. The van der Waals surface area contributed by atoms with Crippen molar-refractivity contribution in [1.29, 1.82) is 0 Å². The second kappa shape index (κ2) is 10.5. The number of nitrogens with one attached hydrogen (secondary N) is 1. The van der Waals surface area contributed by atoms with E-state index in [1.54, 1.807) is 23.9 Å². The van der Waals surface area contributed by atoms with Crippen molar-refractivity contribution in [3.05, 3.63) is 59.7 Å². The van der Waals surface area contributed by atoms with Gasteiger partial charge in [0, 0.05) is 25.1 Å². The molecule has 0 aromatic heterocycles. The number of rotatable bonds is 10. The summed E-state index contributed by atoms with van der Waals surface area (Å²) >= 11 is 1.73. The van der Waals surface area contributed by atoms with E-state index < -0.39 is 10.0 Å². The van der Waals surface area contributed by atoms with E-state index in [9.17, 15) is 13.2 Å². The SMILES string of the molecule is COc1ccc(S(=O)(=O)N(C)CC(=O)NCCSCc2ccccc2C)cc1. The summed E-state index contributed by atoms with van der Waals surface area (Å²) in [5.74, 6) is 1.89. The molecular formula is C20H26N2O4S2. The molecule has 0 unspecified atom stereocenters. The number of hydrogen-bond donors (Lipinski definition) is 1. The number of sulfonamides is 1. The van der Waals surface area contributed by atoms with Gasteiger partial charge in [0.1, 0.15) is 5.75 Å². The Morgan fingerprint density at radius 2 is 1.82 bits per heavy atom. The Hall–Kier alpha value is -2.03. The molecular weight excluding hydrogens is 396 g/mol. The number of ether oxygens (including phenoxy) is 1. The van der Waals surface area contributed by atoms with Gasteiger partial charge >= 0.3 is 0 Å². The number of likely N-dealkylation sites (N-methyl/N-ethyl adjacent to an activating group) is 1. The quantitative estimate of drug-likeness (QED) is 0.596. The molecule has 2 rings (SSSR count). The number of carbonyl (C=O) groups excluding carboxylic acids is 1. The molecule has 0 bridgehead atoms. The van der Waals surface area contributed by atoms with Gasteiger partial charge in [-0.1, -0.05) is 24.3 Å². The maximum absolute atomic E-state index is 12.5. The van der Waals surface area contributed by atoms with Crippen molar-refractivity contribution in [3.63, 3.8) is 0 Å². The highest BCUT2D eigenvalue weighted by Crippen LogP contribution is 2.18. The fourth-order valence-electron chi connectivity index (χ4n) is 2.49. The van der Waals surface area contributed by atoms with E-state index >= 15 is 0 Å². The minimum atomic E-state index is -3.72. The van der Waals surface area contributed by atoms with Crippen LogP contribution in [0.5, 0.6) is 5.75 Å². The van der Waals surface area contributed by atoms with Crippen LogP contribution < -0.4 is 10.1 Å². The van der Waals surface area contributed by atoms with Crippen molar-refractivity contribution in [2.24, 2.45) is 0 Å². The van der Waals surface area contributed by atoms with Crippen molar-refractivity contribution in [2.45, 2.75) is 17.6 Å². The predicted molar refractivity (Wildman–Crippen MR) is 113 cm³/mol. The zero-order valence-electron chi connectivity index (χ0n) is 16.3. The van der Waals surface area contributed by atoms with Crippen LogP contribution >= 0.6 is 11.8 Å². The van der Waals surface area contributed by atoms with Gasteiger partial charge in [0.25, 0.3) is 0 Å². The first-order valence-corrected chi connectivity index (χ1v) is 11.4. The van der Waals surface area contributed by atoms with Crippen LogP contribution in [0.3, 0.4) is 0 Å². The summed E-state index contributed by atoms with van der Waals surface area (Å²) in [6.07, 6.45) is 0. The molecule has 0 heterocycles. The van der Waals surface area contributed by atoms with E-state index in [4.69, 9.17) is 4.74 Å². The molecule has 6 nitrogen and oxygen atoms in total. The Labute approximate surface area is 171 Å². The normalized spacial score (nSPS) is 11.4. The molecule has 0 fully saturated rings. The number of methoxy groups -OCH3 is 1. The van der Waals surface area contributed by atoms with Gasteiger partial charge < -0.3 is 10.1 Å². The lowest BCUT2D eigenvalue weighted by Crippen LogP contribution is -2.39. The number of amides is 1. The summed E-state index contributed by atoms with van der Waals surface area (Å²) < 4.78 is 31.1. The second-order valence-corrected chi connectivity index (χ2v) is 9.42. The van der Waals surface area contributed by atoms with E-state index in [2.05, 4.69) is 24.4 Å². The second-order valence-electron chi connectivity index (χ2n) is 6.27. The average molecular weight is 423 g/mol. The highest BCUT2D eigenvalue weighted by molar-refractivity contribution is 7.98. The molecule has 0 saturated heterocycles. The third-order valence-electron chi connectivity index (χ3n) is 4.22. The van der Waals surface area contributed by atoms with Crippen molar-refractivity contribution in [1.82, 2.24) is 9.62 Å². The van der Waals surface area contributed by atoms with E-state index in [-0.39, 0.29) is 17.3 Å². The standard InChI is InChI=1S/C20H26N2O4S2/c1-16-6-4-5-7-17(16)15-27-13-12-21-20(23)14-22(2)28(24,25)19-10-8-18(26-3)9-11-19/h4-11H,12-15H2,1-3H3,(H,21,23). The van der Waals surface area contributed by atoms with Crippen molar-refractivity contribution >= 4 is 27.7 Å². The minimum Gasteiger partial charge on any atom is -0.497 e. The van der Waals surface area contributed by atoms with Gasteiger partial charge in [-0.05, 0) is 42.3 Å². The molecule has 28 heavy (non-hydrogen) atoms. The monoisotopic (exact) mass is 422 g/mol. The van der Waals surface area contributed by atoms with Crippen LogP contribution in [-0.2, 0) is 20.6 Å². The maximum Gasteiger partial charge on any atom is 0.243 e. The first-order valence-electron chi connectivity index (χ1n) is 8.84. The molecule has 2 aromatic rings. The van der Waals surface area contributed by atoms with Crippen LogP contribution in [0.25, 0.3) is 0 Å². The highest BCUT2D eigenvalue weighted by atomic mass is 32.2. The maximum atomic E-state index is 12.5. The van der Waals surface area contributed by atoms with Gasteiger partial charge in [-0.15, -0.1) is 0 Å². The lowest BCUT2D eigenvalue weighted by atomic mass is 10.1. The van der Waals surface area contributed by atoms with Crippen molar-refractivity contribution in [2.75, 3.05) is 33.0 Å². The lowest BCUT2D eigenvalue weighted by Gasteiger charge is -2.17. The number of hydrogen-bond acceptors (Lipinski definition) is 5. The van der Waals surface area contributed by atoms with E-state index in [1.165, 1.54) is 37.4 Å². The van der Waals surface area contributed by atoms with Gasteiger partial charge in [0.2, 0.25) is 15.9 Å². The van der Waals surface area contributed by atoms with Crippen LogP contribution in [-0.4, -0.2) is 51.6 Å². The number of thioether (sulfide) groups is 1. The molecule has 0 aliphatic carbocycles. The summed E-state index contributed by atoms with van der Waals surface area (Å²) in [5.41, 5.74) is 2.54. The van der Waals surface area contributed by atoms with Gasteiger partial charge in [-0.2, -0.15) is 16.1 Å². The molecule has 2 aromatic carbocycles. The Bertz CT molecular complexity index is 883. The Morgan fingerprint density at radius 1 is 1.14 bits per heavy atom. The molecule has 1 N–H and O–H groups in total. The van der Waals surface area contributed by atoms with Crippen LogP contribution in [0.1, 0.15) is 11.1 Å². The molecule has 1 amide bonds. The van der Waals surface area contributed by atoms with Crippen LogP contribution in [0.2, 0.25) is 0 Å². The molecule has 8 heteroatoms. The summed E-state index contributed by atoms with van der Waals surface area (Å²) in [7, 11) is -0.815. The van der Waals surface area contributed by atoms with Crippen LogP contribution in [0, 0.1) is 6.92 Å². The molecule has 0 aliphatic heterocycles. The highest BCUT2D eigenvalue weighted by Gasteiger charge is 2.22. The number of nitrogens with zero attached hydrogens (tertiary/aromatic N) is 1. The first-order chi connectivity index (χ1) is 13.3.